The van der Waals surface area contributed by atoms with Crippen LogP contribution in [0.5, 0.6) is 5.75 Å². The molecular formula is C28H25ClN2O4. The molecule has 0 aliphatic carbocycles. The zero-order valence-electron chi connectivity index (χ0n) is 19.9. The molecular weight excluding hydrogens is 464 g/mol. The molecule has 1 heterocycles. The third kappa shape index (κ3) is 4.98. The minimum absolute atomic E-state index is 0.162. The molecule has 7 heteroatoms. The molecule has 0 bridgehead atoms. The van der Waals surface area contributed by atoms with Crippen molar-refractivity contribution in [1.29, 1.82) is 0 Å². The molecule has 0 spiro atoms. The second-order valence-electron chi connectivity index (χ2n) is 8.57. The number of hydrogen-bond donors (Lipinski definition) is 1. The number of hydrogen-bond acceptors (Lipinski definition) is 4. The van der Waals surface area contributed by atoms with Crippen LogP contribution in [0.25, 0.3) is 6.08 Å². The van der Waals surface area contributed by atoms with E-state index >= 15 is 0 Å². The van der Waals surface area contributed by atoms with Crippen molar-refractivity contribution in [2.75, 3.05) is 4.90 Å². The number of ether oxygens (including phenoxy) is 1. The molecule has 1 saturated heterocycles. The lowest BCUT2D eigenvalue weighted by molar-refractivity contribution is -0.122. The van der Waals surface area contributed by atoms with Crippen molar-refractivity contribution < 1.29 is 19.1 Å². The number of carbonyl (C=O) groups is 3. The lowest BCUT2D eigenvalue weighted by Gasteiger charge is -2.28. The van der Waals surface area contributed by atoms with Gasteiger partial charge in [-0.1, -0.05) is 48.0 Å². The molecule has 0 atom stereocenters. The van der Waals surface area contributed by atoms with Gasteiger partial charge in [-0.05, 0) is 85.4 Å². The maximum Gasteiger partial charge on any atom is 0.335 e. The van der Waals surface area contributed by atoms with Crippen LogP contribution in [-0.4, -0.2) is 17.8 Å². The highest BCUT2D eigenvalue weighted by Crippen LogP contribution is 2.30. The SMILES string of the molecule is Cc1ccc(COc2ccc(/C=C3\C(=O)NC(=O)N(c4cccc(C)c4C)C3=O)cc2Cl)cc1C. The second-order valence-corrected chi connectivity index (χ2v) is 8.98. The highest BCUT2D eigenvalue weighted by molar-refractivity contribution is 6.39. The maximum absolute atomic E-state index is 13.2. The van der Waals surface area contributed by atoms with E-state index in [-0.39, 0.29) is 5.57 Å². The number of aryl methyl sites for hydroxylation is 3. The third-order valence-electron chi connectivity index (χ3n) is 6.15. The fraction of sp³-hybridized carbons (Fsp3) is 0.179. The highest BCUT2D eigenvalue weighted by atomic mass is 35.5. The van der Waals surface area contributed by atoms with Crippen LogP contribution in [0.2, 0.25) is 5.02 Å². The molecule has 1 aliphatic heterocycles. The van der Waals surface area contributed by atoms with E-state index in [4.69, 9.17) is 16.3 Å². The molecule has 0 aromatic heterocycles. The van der Waals surface area contributed by atoms with Crippen molar-refractivity contribution in [3.8, 4) is 5.75 Å². The number of imide groups is 2. The number of halogens is 1. The number of rotatable bonds is 5. The number of nitrogens with one attached hydrogen (secondary N) is 1. The lowest BCUT2D eigenvalue weighted by atomic mass is 10.0. The Labute approximate surface area is 209 Å². The van der Waals surface area contributed by atoms with Crippen LogP contribution in [0, 0.1) is 27.7 Å². The van der Waals surface area contributed by atoms with Gasteiger partial charge >= 0.3 is 6.03 Å². The van der Waals surface area contributed by atoms with E-state index in [1.165, 1.54) is 17.2 Å². The van der Waals surface area contributed by atoms with E-state index in [2.05, 4.69) is 18.3 Å². The van der Waals surface area contributed by atoms with Crippen LogP contribution in [0.3, 0.4) is 0 Å². The summed E-state index contributed by atoms with van der Waals surface area (Å²) in [4.78, 5) is 39.2. The van der Waals surface area contributed by atoms with E-state index in [1.807, 2.05) is 39.0 Å². The average molecular weight is 489 g/mol. The van der Waals surface area contributed by atoms with Gasteiger partial charge in [0.15, 0.2) is 0 Å². The summed E-state index contributed by atoms with van der Waals surface area (Å²) in [6.45, 7) is 8.17. The largest absolute Gasteiger partial charge is 0.487 e. The number of barbiturate groups is 1. The monoisotopic (exact) mass is 488 g/mol. The number of carbonyl (C=O) groups excluding carboxylic acids is 3. The topological polar surface area (TPSA) is 75.7 Å². The second kappa shape index (κ2) is 9.76. The first-order valence-electron chi connectivity index (χ1n) is 11.1. The van der Waals surface area contributed by atoms with Gasteiger partial charge < -0.3 is 4.74 Å². The number of urea groups is 1. The van der Waals surface area contributed by atoms with Gasteiger partial charge in [0.2, 0.25) is 0 Å². The Hall–Kier alpha value is -3.90. The molecule has 35 heavy (non-hydrogen) atoms. The summed E-state index contributed by atoms with van der Waals surface area (Å²) in [5, 5.41) is 2.59. The summed E-state index contributed by atoms with van der Waals surface area (Å²) in [5.74, 6) is -0.968. The molecule has 1 fully saturated rings. The van der Waals surface area contributed by atoms with Gasteiger partial charge in [-0.15, -0.1) is 0 Å². The Bertz CT molecular complexity index is 1390. The molecule has 0 unspecified atom stereocenters. The molecule has 4 rings (SSSR count). The number of amides is 4. The van der Waals surface area contributed by atoms with E-state index in [0.717, 1.165) is 21.6 Å². The predicted octanol–water partition coefficient (Wildman–Crippen LogP) is 5.82. The molecule has 4 amide bonds. The first-order chi connectivity index (χ1) is 16.7. The van der Waals surface area contributed by atoms with Crippen LogP contribution >= 0.6 is 11.6 Å². The Morgan fingerprint density at radius 3 is 2.40 bits per heavy atom. The van der Waals surface area contributed by atoms with E-state index in [9.17, 15) is 14.4 Å². The van der Waals surface area contributed by atoms with Crippen LogP contribution < -0.4 is 15.0 Å². The number of nitrogens with zero attached hydrogens (tertiary/aromatic N) is 1. The fourth-order valence-corrected chi connectivity index (χ4v) is 4.04. The predicted molar refractivity (Wildman–Crippen MR) is 137 cm³/mol. The van der Waals surface area contributed by atoms with Crippen LogP contribution in [-0.2, 0) is 16.2 Å². The van der Waals surface area contributed by atoms with E-state index < -0.39 is 17.8 Å². The van der Waals surface area contributed by atoms with Gasteiger partial charge in [-0.25, -0.2) is 9.69 Å². The number of anilines is 1. The third-order valence-corrected chi connectivity index (χ3v) is 6.45. The van der Waals surface area contributed by atoms with Gasteiger partial charge in [0.1, 0.15) is 17.9 Å². The van der Waals surface area contributed by atoms with Crippen LogP contribution in [0.4, 0.5) is 10.5 Å². The van der Waals surface area contributed by atoms with Crippen LogP contribution in [0.15, 0.2) is 60.2 Å². The van der Waals surface area contributed by atoms with Gasteiger partial charge in [-0.2, -0.15) is 0 Å². The summed E-state index contributed by atoms with van der Waals surface area (Å²) < 4.78 is 5.87. The Kier molecular flexibility index (Phi) is 6.76. The van der Waals surface area contributed by atoms with Gasteiger partial charge in [-0.3, -0.25) is 14.9 Å². The van der Waals surface area contributed by atoms with Crippen molar-refractivity contribution in [2.45, 2.75) is 34.3 Å². The van der Waals surface area contributed by atoms with E-state index in [1.54, 1.807) is 30.3 Å². The Morgan fingerprint density at radius 1 is 0.914 bits per heavy atom. The summed E-state index contributed by atoms with van der Waals surface area (Å²) in [5.41, 5.74) is 5.92. The molecule has 3 aromatic rings. The Balaban J connectivity index is 1.58. The van der Waals surface area contributed by atoms with Gasteiger partial charge in [0, 0.05) is 0 Å². The van der Waals surface area contributed by atoms with Gasteiger partial charge in [0.25, 0.3) is 11.8 Å². The molecule has 178 valence electrons. The summed E-state index contributed by atoms with van der Waals surface area (Å²) in [6, 6.07) is 15.7. The van der Waals surface area contributed by atoms with Crippen molar-refractivity contribution in [1.82, 2.24) is 5.32 Å². The fourth-order valence-electron chi connectivity index (χ4n) is 3.80. The number of benzene rings is 3. The first kappa shape index (κ1) is 24.2. The molecule has 1 N–H and O–H groups in total. The van der Waals surface area contributed by atoms with Crippen molar-refractivity contribution in [3.05, 3.63) is 98.6 Å². The summed E-state index contributed by atoms with van der Waals surface area (Å²) in [6.07, 6.45) is 1.42. The molecule has 1 aliphatic rings. The van der Waals surface area contributed by atoms with Crippen molar-refractivity contribution in [2.24, 2.45) is 0 Å². The molecule has 0 saturated carbocycles. The van der Waals surface area contributed by atoms with Crippen molar-refractivity contribution in [3.63, 3.8) is 0 Å². The average Bonchev–Trinajstić information content (AvgIpc) is 2.81. The van der Waals surface area contributed by atoms with E-state index in [0.29, 0.717) is 28.6 Å². The smallest absolute Gasteiger partial charge is 0.335 e. The zero-order chi connectivity index (χ0) is 25.3. The minimum atomic E-state index is -0.779. The first-order valence-corrected chi connectivity index (χ1v) is 11.5. The standard InChI is InChI=1S/C28H25ClN2O4/c1-16-8-9-21(12-18(16)3)15-35-25-11-10-20(14-23(25)29)13-22-26(32)30-28(34)31(27(22)33)24-7-5-6-17(2)19(24)4/h5-14H,15H2,1-4H3,(H,30,32,34)/b22-13+. The maximum atomic E-state index is 13.2. The molecule has 3 aromatic carbocycles. The minimum Gasteiger partial charge on any atom is -0.487 e. The zero-order valence-corrected chi connectivity index (χ0v) is 20.7. The summed E-state index contributed by atoms with van der Waals surface area (Å²) >= 11 is 6.42. The van der Waals surface area contributed by atoms with Crippen molar-refractivity contribution >= 4 is 41.2 Å². The van der Waals surface area contributed by atoms with Crippen LogP contribution in [0.1, 0.15) is 33.4 Å². The molecule has 0 radical (unpaired) electrons. The van der Waals surface area contributed by atoms with Gasteiger partial charge in [0.05, 0.1) is 10.7 Å². The highest BCUT2D eigenvalue weighted by Gasteiger charge is 2.37. The normalized spacial score (nSPS) is 14.9. The summed E-state index contributed by atoms with van der Waals surface area (Å²) in [7, 11) is 0. The Morgan fingerprint density at radius 2 is 1.69 bits per heavy atom. The molecule has 6 nitrogen and oxygen atoms in total. The lowest BCUT2D eigenvalue weighted by Crippen LogP contribution is -2.54. The quantitative estimate of drug-likeness (QED) is 0.362.